The van der Waals surface area contributed by atoms with E-state index in [0.29, 0.717) is 16.7 Å². The maximum atomic E-state index is 13.3. The van der Waals surface area contributed by atoms with Crippen LogP contribution in [0.3, 0.4) is 0 Å². The average Bonchev–Trinajstić information content (AvgIpc) is 3.28. The molecule has 0 unspecified atom stereocenters. The molecule has 4 aromatic carbocycles. The van der Waals surface area contributed by atoms with Gasteiger partial charge in [-0.3, -0.25) is 9.48 Å². The summed E-state index contributed by atoms with van der Waals surface area (Å²) in [6.45, 7) is 0.127. The van der Waals surface area contributed by atoms with Crippen LogP contribution in [0.5, 0.6) is 11.5 Å². The molecular formula is C29H24FN3O4. The number of nitrogens with zero attached hydrogens (tertiary/aromatic N) is 2. The Morgan fingerprint density at radius 1 is 0.973 bits per heavy atom. The number of aromatic hydroxyl groups is 2. The predicted octanol–water partition coefficient (Wildman–Crippen LogP) is 4.80. The zero-order chi connectivity index (χ0) is 26.1. The maximum absolute atomic E-state index is 13.3. The Labute approximate surface area is 212 Å². The number of benzene rings is 4. The smallest absolute Gasteiger partial charge is 0.255 e. The number of carbonyl (C=O) groups excluding carboxylic acids is 1. The molecule has 7 nitrogen and oxygen atoms in total. The van der Waals surface area contributed by atoms with Crippen LogP contribution in [-0.2, 0) is 13.6 Å². The Balaban J connectivity index is 1.33. The number of phenols is 2. The van der Waals surface area contributed by atoms with Crippen LogP contribution in [0.2, 0.25) is 0 Å². The molecule has 37 heavy (non-hydrogen) atoms. The van der Waals surface area contributed by atoms with Crippen LogP contribution in [-0.4, -0.2) is 31.0 Å². The molecular weight excluding hydrogens is 473 g/mol. The van der Waals surface area contributed by atoms with E-state index in [2.05, 4.69) is 10.4 Å². The first-order chi connectivity index (χ1) is 17.8. The third kappa shape index (κ3) is 4.87. The number of rotatable bonds is 6. The Morgan fingerprint density at radius 3 is 2.51 bits per heavy atom. The summed E-state index contributed by atoms with van der Waals surface area (Å²) in [6, 6.07) is 21.2. The number of aryl methyl sites for hydroxylation is 1. The summed E-state index contributed by atoms with van der Waals surface area (Å²) >= 11 is 0. The van der Waals surface area contributed by atoms with Gasteiger partial charge in [-0.1, -0.05) is 42.5 Å². The molecule has 0 radical (unpaired) electrons. The van der Waals surface area contributed by atoms with Crippen molar-refractivity contribution < 1.29 is 24.5 Å². The molecule has 186 valence electrons. The van der Waals surface area contributed by atoms with Crippen LogP contribution in [0.15, 0.2) is 85.1 Å². The first kappa shape index (κ1) is 24.0. The molecule has 1 atom stereocenters. The second kappa shape index (κ2) is 9.75. The largest absolute Gasteiger partial charge is 0.504 e. The fourth-order valence-corrected chi connectivity index (χ4v) is 4.30. The van der Waals surface area contributed by atoms with Crippen LogP contribution >= 0.6 is 0 Å². The minimum absolute atomic E-state index is 0.111. The summed E-state index contributed by atoms with van der Waals surface area (Å²) in [5, 5.41) is 39.3. The van der Waals surface area contributed by atoms with Crippen molar-refractivity contribution in [3.63, 3.8) is 0 Å². The molecule has 5 rings (SSSR count). The number of aliphatic hydroxyl groups is 1. The summed E-state index contributed by atoms with van der Waals surface area (Å²) in [5.74, 6) is -2.00. The van der Waals surface area contributed by atoms with E-state index in [-0.39, 0.29) is 12.1 Å². The van der Waals surface area contributed by atoms with Gasteiger partial charge >= 0.3 is 0 Å². The van der Waals surface area contributed by atoms with E-state index in [1.807, 2.05) is 31.3 Å². The lowest BCUT2D eigenvalue weighted by Gasteiger charge is -2.14. The lowest BCUT2D eigenvalue weighted by atomic mass is 9.98. The van der Waals surface area contributed by atoms with Gasteiger partial charge in [0, 0.05) is 19.0 Å². The third-order valence-corrected chi connectivity index (χ3v) is 6.32. The molecule has 0 saturated heterocycles. The Bertz CT molecular complexity index is 1610. The minimum atomic E-state index is -0.867. The lowest BCUT2D eigenvalue weighted by Crippen LogP contribution is -2.23. The first-order valence-corrected chi connectivity index (χ1v) is 11.6. The fraction of sp³-hybridized carbons (Fsp3) is 0.103. The van der Waals surface area contributed by atoms with Crippen molar-refractivity contribution in [2.45, 2.75) is 12.6 Å². The summed E-state index contributed by atoms with van der Waals surface area (Å²) < 4.78 is 15.0. The summed E-state index contributed by atoms with van der Waals surface area (Å²) in [5.41, 5.74) is 4.01. The molecule has 1 aromatic heterocycles. The van der Waals surface area contributed by atoms with E-state index in [0.717, 1.165) is 22.0 Å². The van der Waals surface area contributed by atoms with Gasteiger partial charge in [0.25, 0.3) is 5.91 Å². The number of phenolic OH excluding ortho intramolecular Hbond substituents is 2. The van der Waals surface area contributed by atoms with Gasteiger partial charge in [-0.15, -0.1) is 0 Å². The zero-order valence-corrected chi connectivity index (χ0v) is 19.9. The Kier molecular flexibility index (Phi) is 6.33. The van der Waals surface area contributed by atoms with Crippen molar-refractivity contribution in [1.82, 2.24) is 15.1 Å². The Morgan fingerprint density at radius 2 is 1.73 bits per heavy atom. The normalized spacial score (nSPS) is 12.0. The van der Waals surface area contributed by atoms with E-state index >= 15 is 0 Å². The SMILES string of the molecule is Cn1ncc2cc([C@@H](O)c3cccc(CNC(=O)c4cc(-c5ccc(F)cc5)cc(O)c4O)c3)ccc21. The molecule has 0 spiro atoms. The van der Waals surface area contributed by atoms with Crippen molar-refractivity contribution in [1.29, 1.82) is 0 Å². The maximum Gasteiger partial charge on any atom is 0.255 e. The molecule has 0 saturated carbocycles. The van der Waals surface area contributed by atoms with Gasteiger partial charge in [0.2, 0.25) is 0 Å². The zero-order valence-electron chi connectivity index (χ0n) is 19.9. The van der Waals surface area contributed by atoms with Gasteiger partial charge in [0.1, 0.15) is 11.9 Å². The quantitative estimate of drug-likeness (QED) is 0.252. The van der Waals surface area contributed by atoms with Crippen LogP contribution < -0.4 is 5.32 Å². The van der Waals surface area contributed by atoms with E-state index in [1.54, 1.807) is 29.1 Å². The van der Waals surface area contributed by atoms with Crippen molar-refractivity contribution in [2.75, 3.05) is 0 Å². The molecule has 4 N–H and O–H groups in total. The van der Waals surface area contributed by atoms with Crippen molar-refractivity contribution in [3.8, 4) is 22.6 Å². The number of carbonyl (C=O) groups is 1. The van der Waals surface area contributed by atoms with Crippen molar-refractivity contribution in [3.05, 3.63) is 113 Å². The molecule has 5 aromatic rings. The van der Waals surface area contributed by atoms with Crippen molar-refractivity contribution >= 4 is 16.8 Å². The third-order valence-electron chi connectivity index (χ3n) is 6.32. The van der Waals surface area contributed by atoms with Crippen LogP contribution in [0.1, 0.15) is 33.2 Å². The highest BCUT2D eigenvalue weighted by Crippen LogP contribution is 2.35. The molecule has 1 heterocycles. The molecule has 0 fully saturated rings. The highest BCUT2D eigenvalue weighted by molar-refractivity contribution is 5.99. The highest BCUT2D eigenvalue weighted by Gasteiger charge is 2.18. The van der Waals surface area contributed by atoms with Gasteiger partial charge in [-0.05, 0) is 64.2 Å². The summed E-state index contributed by atoms with van der Waals surface area (Å²) in [4.78, 5) is 12.9. The molecule has 1 amide bonds. The number of amides is 1. The number of nitrogens with one attached hydrogen (secondary N) is 1. The first-order valence-electron chi connectivity index (χ1n) is 11.6. The molecule has 0 bridgehead atoms. The van der Waals surface area contributed by atoms with Gasteiger partial charge in [0.15, 0.2) is 11.5 Å². The number of fused-ring (bicyclic) bond motifs is 1. The van der Waals surface area contributed by atoms with Gasteiger partial charge in [-0.25, -0.2) is 4.39 Å². The predicted molar refractivity (Wildman–Crippen MR) is 138 cm³/mol. The second-order valence-electron chi connectivity index (χ2n) is 8.82. The van der Waals surface area contributed by atoms with E-state index in [9.17, 15) is 24.5 Å². The number of hydrogen-bond donors (Lipinski definition) is 4. The fourth-order valence-electron chi connectivity index (χ4n) is 4.30. The van der Waals surface area contributed by atoms with Crippen LogP contribution in [0.4, 0.5) is 4.39 Å². The van der Waals surface area contributed by atoms with E-state index in [4.69, 9.17) is 0 Å². The van der Waals surface area contributed by atoms with Gasteiger partial charge < -0.3 is 20.6 Å². The van der Waals surface area contributed by atoms with E-state index in [1.165, 1.54) is 36.4 Å². The average molecular weight is 498 g/mol. The minimum Gasteiger partial charge on any atom is -0.504 e. The highest BCUT2D eigenvalue weighted by atomic mass is 19.1. The standard InChI is InChI=1S/C29H24FN3O4/c1-33-25-10-7-20(12-22(25)16-32-33)27(35)19-4-2-3-17(11-19)15-31-29(37)24-13-21(14-26(34)28(24)36)18-5-8-23(30)9-6-18/h2-14,16,27,34-36H,15H2,1H3,(H,31,37)/t27-/m0/s1. The molecule has 0 aliphatic carbocycles. The number of halogens is 1. The topological polar surface area (TPSA) is 108 Å². The summed E-state index contributed by atoms with van der Waals surface area (Å²) in [6.07, 6.45) is 0.879. The van der Waals surface area contributed by atoms with Crippen molar-refractivity contribution in [2.24, 2.45) is 7.05 Å². The number of aromatic nitrogens is 2. The number of hydrogen-bond acceptors (Lipinski definition) is 5. The van der Waals surface area contributed by atoms with Gasteiger partial charge in [-0.2, -0.15) is 5.10 Å². The van der Waals surface area contributed by atoms with E-state index < -0.39 is 29.3 Å². The lowest BCUT2D eigenvalue weighted by molar-refractivity contribution is 0.0947. The van der Waals surface area contributed by atoms with Crippen LogP contribution in [0, 0.1) is 5.82 Å². The second-order valence-corrected chi connectivity index (χ2v) is 8.82. The molecule has 0 aliphatic heterocycles. The number of aliphatic hydroxyl groups excluding tert-OH is 1. The monoisotopic (exact) mass is 497 g/mol. The Hall–Kier alpha value is -4.69. The molecule has 8 heteroatoms. The summed E-state index contributed by atoms with van der Waals surface area (Å²) in [7, 11) is 1.86. The van der Waals surface area contributed by atoms with Crippen LogP contribution in [0.25, 0.3) is 22.0 Å². The van der Waals surface area contributed by atoms with Gasteiger partial charge in [0.05, 0.1) is 17.3 Å². The molecule has 0 aliphatic rings.